The Balaban J connectivity index is 3.04. The van der Waals surface area contributed by atoms with Crippen molar-refractivity contribution in [3.05, 3.63) is 23.8 Å². The Bertz CT molecular complexity index is 626. The van der Waals surface area contributed by atoms with Crippen LogP contribution in [-0.4, -0.2) is 44.8 Å². The van der Waals surface area contributed by atoms with Crippen LogP contribution in [0.25, 0.3) is 0 Å². The van der Waals surface area contributed by atoms with Gasteiger partial charge in [-0.3, -0.25) is 0 Å². The predicted molar refractivity (Wildman–Crippen MR) is 71.3 cm³/mol. The van der Waals surface area contributed by atoms with Gasteiger partial charge in [-0.15, -0.1) is 0 Å². The van der Waals surface area contributed by atoms with Crippen LogP contribution in [0, 0.1) is 0 Å². The lowest BCUT2D eigenvalue weighted by Gasteiger charge is -2.20. The van der Waals surface area contributed by atoms with Crippen LogP contribution < -0.4 is 9.47 Å². The van der Waals surface area contributed by atoms with Crippen LogP contribution in [0.4, 0.5) is 26.3 Å². The zero-order valence-corrected chi connectivity index (χ0v) is 13.2. The van der Waals surface area contributed by atoms with E-state index < -0.39 is 37.0 Å². The van der Waals surface area contributed by atoms with Crippen LogP contribution in [0.15, 0.2) is 18.2 Å². The van der Waals surface area contributed by atoms with E-state index in [9.17, 15) is 35.9 Å². The van der Waals surface area contributed by atoms with E-state index in [4.69, 9.17) is 9.47 Å². The average Bonchev–Trinajstić information content (AvgIpc) is 2.52. The van der Waals surface area contributed by atoms with E-state index >= 15 is 0 Å². The first-order chi connectivity index (χ1) is 11.9. The standard InChI is InChI=1S/C14H12F6O6/c1-23-8-4-3-7(5-9(8)24-2)6-10(25-11(21)13(15,16)17)26-12(22)14(18,19)20/h3-5,10H,6H2,1-2H3. The fraction of sp³-hybridized carbons (Fsp3) is 0.429. The number of carbonyl (C=O) groups excluding carboxylic acids is 2. The van der Waals surface area contributed by atoms with E-state index in [1.807, 2.05) is 0 Å². The smallest absolute Gasteiger partial charge is 0.491 e. The number of hydrogen-bond acceptors (Lipinski definition) is 6. The summed E-state index contributed by atoms with van der Waals surface area (Å²) >= 11 is 0. The van der Waals surface area contributed by atoms with Gasteiger partial charge >= 0.3 is 24.3 Å². The molecule has 0 atom stereocenters. The molecule has 26 heavy (non-hydrogen) atoms. The van der Waals surface area contributed by atoms with Gasteiger partial charge in [0.25, 0.3) is 6.29 Å². The van der Waals surface area contributed by atoms with Crippen molar-refractivity contribution in [1.29, 1.82) is 0 Å². The van der Waals surface area contributed by atoms with Crippen molar-refractivity contribution in [2.24, 2.45) is 0 Å². The molecule has 1 aromatic carbocycles. The molecule has 0 aliphatic carbocycles. The quantitative estimate of drug-likeness (QED) is 0.423. The molecule has 0 fully saturated rings. The lowest BCUT2D eigenvalue weighted by Crippen LogP contribution is -2.37. The van der Waals surface area contributed by atoms with Gasteiger partial charge in [-0.25, -0.2) is 9.59 Å². The molecule has 0 heterocycles. The highest BCUT2D eigenvalue weighted by atomic mass is 19.4. The first kappa shape index (κ1) is 21.4. The topological polar surface area (TPSA) is 71.1 Å². The maximum atomic E-state index is 12.3. The number of halogens is 6. The number of rotatable bonds is 6. The molecule has 146 valence electrons. The van der Waals surface area contributed by atoms with Gasteiger partial charge < -0.3 is 18.9 Å². The number of carbonyl (C=O) groups is 2. The largest absolute Gasteiger partial charge is 0.493 e. The van der Waals surface area contributed by atoms with Crippen molar-refractivity contribution in [3.63, 3.8) is 0 Å². The number of alkyl halides is 6. The number of hydrogen-bond donors (Lipinski definition) is 0. The first-order valence-electron chi connectivity index (χ1n) is 6.65. The molecule has 0 saturated heterocycles. The van der Waals surface area contributed by atoms with Crippen LogP contribution in [-0.2, 0) is 25.5 Å². The maximum absolute atomic E-state index is 12.3. The highest BCUT2D eigenvalue weighted by molar-refractivity contribution is 5.77. The zero-order valence-electron chi connectivity index (χ0n) is 13.2. The summed E-state index contributed by atoms with van der Waals surface area (Å²) in [7, 11) is 2.54. The molecule has 0 N–H and O–H groups in total. The third-order valence-electron chi connectivity index (χ3n) is 2.79. The van der Waals surface area contributed by atoms with Gasteiger partial charge in [0, 0.05) is 6.42 Å². The van der Waals surface area contributed by atoms with Crippen molar-refractivity contribution in [2.45, 2.75) is 25.1 Å². The third-order valence-corrected chi connectivity index (χ3v) is 2.79. The molecule has 0 aliphatic heterocycles. The molecule has 0 bridgehead atoms. The van der Waals surface area contributed by atoms with Gasteiger partial charge in [0.05, 0.1) is 14.2 Å². The highest BCUT2D eigenvalue weighted by Crippen LogP contribution is 2.29. The van der Waals surface area contributed by atoms with Crippen LogP contribution >= 0.6 is 0 Å². The number of methoxy groups -OCH3 is 2. The normalized spacial score (nSPS) is 11.9. The molecular formula is C14H12F6O6. The summed E-state index contributed by atoms with van der Waals surface area (Å²) in [6, 6.07) is 3.76. The fourth-order valence-electron chi connectivity index (χ4n) is 1.68. The van der Waals surface area contributed by atoms with E-state index in [-0.39, 0.29) is 17.1 Å². The molecule has 0 saturated carbocycles. The summed E-state index contributed by atoms with van der Waals surface area (Å²) < 4.78 is 91.1. The maximum Gasteiger partial charge on any atom is 0.491 e. The molecule has 12 heteroatoms. The predicted octanol–water partition coefficient (Wildman–Crippen LogP) is 2.78. The van der Waals surface area contributed by atoms with Crippen molar-refractivity contribution < 1.29 is 54.9 Å². The van der Waals surface area contributed by atoms with E-state index in [0.29, 0.717) is 0 Å². The molecule has 0 radical (unpaired) electrons. The zero-order chi connectivity index (χ0) is 20.1. The number of esters is 2. The van der Waals surface area contributed by atoms with Gasteiger partial charge in [-0.2, -0.15) is 26.3 Å². The second-order valence-electron chi connectivity index (χ2n) is 4.63. The molecule has 1 rings (SSSR count). The summed E-state index contributed by atoms with van der Waals surface area (Å²) in [6.45, 7) is 0. The van der Waals surface area contributed by atoms with Crippen molar-refractivity contribution >= 4 is 11.9 Å². The molecule has 1 aromatic rings. The second kappa shape index (κ2) is 8.15. The Morgan fingerprint density at radius 2 is 1.35 bits per heavy atom. The van der Waals surface area contributed by atoms with E-state index in [2.05, 4.69) is 9.47 Å². The van der Waals surface area contributed by atoms with Gasteiger partial charge in [-0.1, -0.05) is 6.07 Å². The van der Waals surface area contributed by atoms with Crippen LogP contribution in [0.5, 0.6) is 11.5 Å². The van der Waals surface area contributed by atoms with Crippen molar-refractivity contribution in [3.8, 4) is 11.5 Å². The Morgan fingerprint density at radius 3 is 1.73 bits per heavy atom. The molecule has 6 nitrogen and oxygen atoms in total. The van der Waals surface area contributed by atoms with Gasteiger partial charge in [0.2, 0.25) is 0 Å². The Kier molecular flexibility index (Phi) is 6.70. The highest BCUT2D eigenvalue weighted by Gasteiger charge is 2.46. The lowest BCUT2D eigenvalue weighted by atomic mass is 10.1. The van der Waals surface area contributed by atoms with Crippen LogP contribution in [0.2, 0.25) is 0 Å². The fourth-order valence-corrected chi connectivity index (χ4v) is 1.68. The van der Waals surface area contributed by atoms with Crippen molar-refractivity contribution in [1.82, 2.24) is 0 Å². The Morgan fingerprint density at radius 1 is 0.885 bits per heavy atom. The average molecular weight is 390 g/mol. The summed E-state index contributed by atoms with van der Waals surface area (Å²) in [6.07, 6.45) is -14.2. The minimum absolute atomic E-state index is 0.0533. The van der Waals surface area contributed by atoms with Crippen LogP contribution in [0.1, 0.15) is 5.56 Å². The summed E-state index contributed by atoms with van der Waals surface area (Å²) in [5.41, 5.74) is 0.0533. The SMILES string of the molecule is COc1ccc(CC(OC(=O)C(F)(F)F)OC(=O)C(F)(F)F)cc1OC. The number of ether oxygens (including phenoxy) is 4. The molecule has 0 amide bonds. The molecule has 0 aromatic heterocycles. The molecule has 0 spiro atoms. The summed E-state index contributed by atoms with van der Waals surface area (Å²) in [4.78, 5) is 21.7. The Labute approximate surface area is 142 Å². The number of benzene rings is 1. The summed E-state index contributed by atoms with van der Waals surface area (Å²) in [5, 5.41) is 0. The molecule has 0 unspecified atom stereocenters. The monoisotopic (exact) mass is 390 g/mol. The van der Waals surface area contributed by atoms with Gasteiger partial charge in [0.15, 0.2) is 11.5 Å². The second-order valence-corrected chi connectivity index (χ2v) is 4.63. The third kappa shape index (κ3) is 6.01. The minimum atomic E-state index is -5.49. The van der Waals surface area contributed by atoms with E-state index in [1.54, 1.807) is 0 Å². The minimum Gasteiger partial charge on any atom is -0.493 e. The van der Waals surface area contributed by atoms with Crippen LogP contribution in [0.3, 0.4) is 0 Å². The van der Waals surface area contributed by atoms with Gasteiger partial charge in [-0.05, 0) is 17.7 Å². The first-order valence-corrected chi connectivity index (χ1v) is 6.65. The summed E-state index contributed by atoms with van der Waals surface area (Å²) in [5.74, 6) is -5.28. The van der Waals surface area contributed by atoms with E-state index in [1.165, 1.54) is 32.4 Å². The molecule has 0 aliphatic rings. The molecular weight excluding hydrogens is 378 g/mol. The Hall–Kier alpha value is -2.66. The lowest BCUT2D eigenvalue weighted by molar-refractivity contribution is -0.240. The van der Waals surface area contributed by atoms with Gasteiger partial charge in [0.1, 0.15) is 0 Å². The van der Waals surface area contributed by atoms with Crippen molar-refractivity contribution in [2.75, 3.05) is 14.2 Å². The van der Waals surface area contributed by atoms with E-state index in [0.717, 1.165) is 0 Å².